The first kappa shape index (κ1) is 12.6. The standard InChI is InChI=1S/C13H8ClF2NO/c14-8-4-5-9(13(15)16)10(7-8)12(18)11-3-1-2-6-17-11/h1-7,13H. The van der Waals surface area contributed by atoms with Gasteiger partial charge in [-0.05, 0) is 24.3 Å². The van der Waals surface area contributed by atoms with E-state index in [4.69, 9.17) is 11.6 Å². The first-order valence-electron chi connectivity index (χ1n) is 5.13. The molecule has 18 heavy (non-hydrogen) atoms. The van der Waals surface area contributed by atoms with E-state index >= 15 is 0 Å². The van der Waals surface area contributed by atoms with Crippen molar-refractivity contribution in [2.75, 3.05) is 0 Å². The Balaban J connectivity index is 2.50. The number of carbonyl (C=O) groups is 1. The Labute approximate surface area is 107 Å². The van der Waals surface area contributed by atoms with Crippen molar-refractivity contribution >= 4 is 17.4 Å². The SMILES string of the molecule is O=C(c1ccccn1)c1cc(Cl)ccc1C(F)F. The summed E-state index contributed by atoms with van der Waals surface area (Å²) >= 11 is 5.74. The van der Waals surface area contributed by atoms with Gasteiger partial charge in [-0.3, -0.25) is 9.78 Å². The third-order valence-corrected chi connectivity index (χ3v) is 2.63. The molecule has 1 heterocycles. The fraction of sp³-hybridized carbons (Fsp3) is 0.0769. The van der Waals surface area contributed by atoms with Gasteiger partial charge in [-0.15, -0.1) is 0 Å². The number of benzene rings is 1. The predicted octanol–water partition coefficient (Wildman–Crippen LogP) is 3.90. The number of carbonyl (C=O) groups excluding carboxylic acids is 1. The lowest BCUT2D eigenvalue weighted by Crippen LogP contribution is -2.07. The summed E-state index contributed by atoms with van der Waals surface area (Å²) < 4.78 is 25.6. The van der Waals surface area contributed by atoms with E-state index in [0.29, 0.717) is 0 Å². The Morgan fingerprint density at radius 3 is 2.61 bits per heavy atom. The number of halogens is 3. The molecule has 2 nitrogen and oxygen atoms in total. The van der Waals surface area contributed by atoms with Gasteiger partial charge in [0.1, 0.15) is 5.69 Å². The van der Waals surface area contributed by atoms with Crippen molar-refractivity contribution in [3.63, 3.8) is 0 Å². The maximum atomic E-state index is 12.8. The lowest BCUT2D eigenvalue weighted by atomic mass is 10.0. The monoisotopic (exact) mass is 267 g/mol. The van der Waals surface area contributed by atoms with E-state index in [1.165, 1.54) is 24.4 Å². The van der Waals surface area contributed by atoms with Crippen LogP contribution in [0.25, 0.3) is 0 Å². The molecule has 0 saturated carbocycles. The first-order valence-corrected chi connectivity index (χ1v) is 5.50. The van der Waals surface area contributed by atoms with Crippen molar-refractivity contribution < 1.29 is 13.6 Å². The Bertz CT molecular complexity index is 572. The molecule has 0 fully saturated rings. The fourth-order valence-electron chi connectivity index (χ4n) is 1.55. The van der Waals surface area contributed by atoms with Crippen LogP contribution in [-0.2, 0) is 0 Å². The minimum atomic E-state index is -2.73. The number of alkyl halides is 2. The van der Waals surface area contributed by atoms with Crippen LogP contribution < -0.4 is 0 Å². The van der Waals surface area contributed by atoms with E-state index in [0.717, 1.165) is 6.07 Å². The van der Waals surface area contributed by atoms with Crippen LogP contribution in [0.1, 0.15) is 28.0 Å². The maximum absolute atomic E-state index is 12.8. The minimum absolute atomic E-state index is 0.113. The largest absolute Gasteiger partial charge is 0.287 e. The van der Waals surface area contributed by atoms with Crippen LogP contribution in [0.4, 0.5) is 8.78 Å². The van der Waals surface area contributed by atoms with Crippen molar-refractivity contribution in [1.82, 2.24) is 4.98 Å². The number of aromatic nitrogens is 1. The Morgan fingerprint density at radius 1 is 1.22 bits per heavy atom. The number of rotatable bonds is 3. The summed E-state index contributed by atoms with van der Waals surface area (Å²) in [6, 6.07) is 8.45. The molecule has 0 aliphatic heterocycles. The van der Waals surface area contributed by atoms with Crippen LogP contribution >= 0.6 is 11.6 Å². The number of ketones is 1. The van der Waals surface area contributed by atoms with Gasteiger partial charge in [0.25, 0.3) is 6.43 Å². The number of pyridine rings is 1. The van der Waals surface area contributed by atoms with Crippen LogP contribution in [0, 0.1) is 0 Å². The van der Waals surface area contributed by atoms with E-state index in [2.05, 4.69) is 4.98 Å². The van der Waals surface area contributed by atoms with Crippen LogP contribution in [-0.4, -0.2) is 10.8 Å². The molecule has 0 aliphatic carbocycles. The highest BCUT2D eigenvalue weighted by molar-refractivity contribution is 6.31. The van der Waals surface area contributed by atoms with Crippen LogP contribution in [0.15, 0.2) is 42.6 Å². The molecule has 1 aromatic heterocycles. The van der Waals surface area contributed by atoms with Crippen molar-refractivity contribution in [3.05, 3.63) is 64.4 Å². The quantitative estimate of drug-likeness (QED) is 0.790. The second-order valence-electron chi connectivity index (χ2n) is 3.58. The molecule has 0 atom stereocenters. The lowest BCUT2D eigenvalue weighted by molar-refractivity contribution is 0.102. The molecule has 0 radical (unpaired) electrons. The summed E-state index contributed by atoms with van der Waals surface area (Å²) in [5.41, 5.74) is -0.340. The maximum Gasteiger partial charge on any atom is 0.264 e. The zero-order valence-corrected chi connectivity index (χ0v) is 9.86. The van der Waals surface area contributed by atoms with Crippen LogP contribution in [0.2, 0.25) is 5.02 Å². The third-order valence-electron chi connectivity index (χ3n) is 2.39. The highest BCUT2D eigenvalue weighted by Gasteiger charge is 2.20. The average Bonchev–Trinajstić information content (AvgIpc) is 2.38. The minimum Gasteiger partial charge on any atom is -0.287 e. The zero-order valence-electron chi connectivity index (χ0n) is 9.11. The van der Waals surface area contributed by atoms with Gasteiger partial charge in [0.2, 0.25) is 5.78 Å². The highest BCUT2D eigenvalue weighted by atomic mass is 35.5. The third kappa shape index (κ3) is 2.54. The number of hydrogen-bond donors (Lipinski definition) is 0. The summed E-state index contributed by atoms with van der Waals surface area (Å²) in [6.07, 6.45) is -1.30. The topological polar surface area (TPSA) is 30.0 Å². The Kier molecular flexibility index (Phi) is 3.67. The van der Waals surface area contributed by atoms with Gasteiger partial charge in [-0.25, -0.2) is 8.78 Å². The van der Waals surface area contributed by atoms with Crippen molar-refractivity contribution in [2.24, 2.45) is 0 Å². The van der Waals surface area contributed by atoms with Gasteiger partial charge >= 0.3 is 0 Å². The molecule has 0 spiro atoms. The van der Waals surface area contributed by atoms with Crippen LogP contribution in [0.5, 0.6) is 0 Å². The van der Waals surface area contributed by atoms with Gasteiger partial charge in [0, 0.05) is 22.3 Å². The molecule has 5 heteroatoms. The van der Waals surface area contributed by atoms with Gasteiger partial charge in [0.05, 0.1) is 0 Å². The molecular weight excluding hydrogens is 260 g/mol. The molecular formula is C13H8ClF2NO. The molecule has 0 bridgehead atoms. The first-order chi connectivity index (χ1) is 8.59. The highest BCUT2D eigenvalue weighted by Crippen LogP contribution is 2.27. The van der Waals surface area contributed by atoms with Crippen molar-refractivity contribution in [1.29, 1.82) is 0 Å². The predicted molar refractivity (Wildman–Crippen MR) is 64.1 cm³/mol. The van der Waals surface area contributed by atoms with Gasteiger partial charge < -0.3 is 0 Å². The van der Waals surface area contributed by atoms with E-state index in [1.807, 2.05) is 0 Å². The Morgan fingerprint density at radius 2 is 2.00 bits per heavy atom. The summed E-state index contributed by atoms with van der Waals surface area (Å²) in [7, 11) is 0. The molecule has 0 N–H and O–H groups in total. The normalized spacial score (nSPS) is 10.7. The molecule has 0 aliphatic rings. The summed E-state index contributed by atoms with van der Waals surface area (Å²) in [5.74, 6) is -0.562. The molecule has 92 valence electrons. The molecule has 0 amide bonds. The summed E-state index contributed by atoms with van der Waals surface area (Å²) in [4.78, 5) is 15.9. The van der Waals surface area contributed by atoms with Gasteiger partial charge in [0.15, 0.2) is 0 Å². The van der Waals surface area contributed by atoms with E-state index in [-0.39, 0.29) is 21.8 Å². The summed E-state index contributed by atoms with van der Waals surface area (Å²) in [6.45, 7) is 0. The summed E-state index contributed by atoms with van der Waals surface area (Å²) in [5, 5.41) is 0.235. The van der Waals surface area contributed by atoms with E-state index < -0.39 is 12.2 Å². The van der Waals surface area contributed by atoms with Crippen LogP contribution in [0.3, 0.4) is 0 Å². The van der Waals surface area contributed by atoms with Crippen molar-refractivity contribution in [2.45, 2.75) is 6.43 Å². The second kappa shape index (κ2) is 5.23. The van der Waals surface area contributed by atoms with Crippen molar-refractivity contribution in [3.8, 4) is 0 Å². The Hall–Kier alpha value is -1.81. The lowest BCUT2D eigenvalue weighted by Gasteiger charge is -2.08. The van der Waals surface area contributed by atoms with Gasteiger partial charge in [-0.2, -0.15) is 0 Å². The molecule has 2 rings (SSSR count). The van der Waals surface area contributed by atoms with E-state index in [9.17, 15) is 13.6 Å². The fourth-order valence-corrected chi connectivity index (χ4v) is 1.72. The molecule has 2 aromatic rings. The molecule has 0 saturated heterocycles. The molecule has 1 aromatic carbocycles. The second-order valence-corrected chi connectivity index (χ2v) is 4.01. The smallest absolute Gasteiger partial charge is 0.264 e. The average molecular weight is 268 g/mol. The molecule has 0 unspecified atom stereocenters. The van der Waals surface area contributed by atoms with E-state index in [1.54, 1.807) is 12.1 Å². The number of nitrogens with zero attached hydrogens (tertiary/aromatic N) is 1. The van der Waals surface area contributed by atoms with Gasteiger partial charge in [-0.1, -0.05) is 23.7 Å². The number of hydrogen-bond acceptors (Lipinski definition) is 2. The zero-order chi connectivity index (χ0) is 13.1.